The van der Waals surface area contributed by atoms with Crippen molar-refractivity contribution in [2.24, 2.45) is 0 Å². The van der Waals surface area contributed by atoms with Gasteiger partial charge in [0.1, 0.15) is 5.75 Å². The van der Waals surface area contributed by atoms with E-state index in [0.717, 1.165) is 23.3 Å². The van der Waals surface area contributed by atoms with Crippen molar-refractivity contribution >= 4 is 15.9 Å². The summed E-state index contributed by atoms with van der Waals surface area (Å²) in [6.07, 6.45) is 0. The van der Waals surface area contributed by atoms with Gasteiger partial charge in [-0.3, -0.25) is 0 Å². The summed E-state index contributed by atoms with van der Waals surface area (Å²) in [5, 5.41) is 3.23. The van der Waals surface area contributed by atoms with Crippen LogP contribution in [0.1, 0.15) is 12.5 Å². The maximum atomic E-state index is 5.15. The van der Waals surface area contributed by atoms with Crippen LogP contribution in [-0.4, -0.2) is 13.7 Å². The van der Waals surface area contributed by atoms with Gasteiger partial charge in [-0.1, -0.05) is 12.0 Å². The molecule has 0 aromatic heterocycles. The van der Waals surface area contributed by atoms with Crippen molar-refractivity contribution in [1.82, 2.24) is 5.32 Å². The lowest BCUT2D eigenvalue weighted by atomic mass is 10.2. The lowest BCUT2D eigenvalue weighted by molar-refractivity contribution is 0.412. The summed E-state index contributed by atoms with van der Waals surface area (Å²) >= 11 is 3.45. The van der Waals surface area contributed by atoms with Crippen LogP contribution in [0.3, 0.4) is 0 Å². The lowest BCUT2D eigenvalue weighted by Gasteiger charge is -2.06. The Hall–Kier alpha value is -0.980. The molecule has 3 heteroatoms. The summed E-state index contributed by atoms with van der Waals surface area (Å²) < 4.78 is 6.13. The van der Waals surface area contributed by atoms with Crippen molar-refractivity contribution in [3.05, 3.63) is 28.2 Å². The summed E-state index contributed by atoms with van der Waals surface area (Å²) in [6.45, 7) is 3.38. The highest BCUT2D eigenvalue weighted by Crippen LogP contribution is 2.25. The van der Waals surface area contributed by atoms with Crippen LogP contribution >= 0.6 is 15.9 Å². The Labute approximate surface area is 99.2 Å². The van der Waals surface area contributed by atoms with E-state index in [1.165, 1.54) is 5.56 Å². The average Bonchev–Trinajstić information content (AvgIpc) is 2.25. The number of hydrogen-bond donors (Lipinski definition) is 1. The smallest absolute Gasteiger partial charge is 0.133 e. The van der Waals surface area contributed by atoms with Gasteiger partial charge in [0.2, 0.25) is 0 Å². The average molecular weight is 268 g/mol. The molecule has 0 aliphatic carbocycles. The quantitative estimate of drug-likeness (QED) is 0.669. The molecular formula is C12H14BrNO. The highest BCUT2D eigenvalue weighted by Gasteiger charge is 2.00. The van der Waals surface area contributed by atoms with Crippen molar-refractivity contribution in [3.63, 3.8) is 0 Å². The van der Waals surface area contributed by atoms with E-state index in [2.05, 4.69) is 33.1 Å². The molecule has 0 saturated heterocycles. The van der Waals surface area contributed by atoms with Crippen molar-refractivity contribution in [2.45, 2.75) is 13.5 Å². The minimum Gasteiger partial charge on any atom is -0.496 e. The fourth-order valence-corrected chi connectivity index (χ4v) is 1.77. The molecule has 15 heavy (non-hydrogen) atoms. The summed E-state index contributed by atoms with van der Waals surface area (Å²) in [7, 11) is 1.66. The number of methoxy groups -OCH3 is 1. The van der Waals surface area contributed by atoms with Gasteiger partial charge in [0.15, 0.2) is 0 Å². The normalized spacial score (nSPS) is 9.27. The van der Waals surface area contributed by atoms with Crippen LogP contribution in [0.25, 0.3) is 0 Å². The molecule has 2 nitrogen and oxygen atoms in total. The van der Waals surface area contributed by atoms with E-state index in [1.807, 2.05) is 25.1 Å². The number of ether oxygens (including phenoxy) is 1. The zero-order chi connectivity index (χ0) is 11.1. The third-order valence-corrected chi connectivity index (χ3v) is 2.56. The second-order valence-corrected chi connectivity index (χ2v) is 3.85. The van der Waals surface area contributed by atoms with Crippen molar-refractivity contribution < 1.29 is 4.74 Å². The standard InChI is InChI=1S/C12H14BrNO/c1-3-4-7-14-9-10-5-6-12(15-2)11(13)8-10/h5-6,8,14H,7,9H2,1-2H3. The molecule has 0 aliphatic rings. The molecule has 0 saturated carbocycles. The summed E-state index contributed by atoms with van der Waals surface area (Å²) in [4.78, 5) is 0. The molecular weight excluding hydrogens is 254 g/mol. The first-order valence-corrected chi connectivity index (χ1v) is 5.50. The molecule has 0 fully saturated rings. The second-order valence-electron chi connectivity index (χ2n) is 3.00. The first-order chi connectivity index (χ1) is 7.27. The van der Waals surface area contributed by atoms with Crippen molar-refractivity contribution in [3.8, 4) is 17.6 Å². The largest absolute Gasteiger partial charge is 0.496 e. The Morgan fingerprint density at radius 2 is 2.27 bits per heavy atom. The van der Waals surface area contributed by atoms with Gasteiger partial charge in [-0.25, -0.2) is 0 Å². The van der Waals surface area contributed by atoms with Gasteiger partial charge >= 0.3 is 0 Å². The van der Waals surface area contributed by atoms with E-state index in [4.69, 9.17) is 4.74 Å². The molecule has 0 radical (unpaired) electrons. The van der Waals surface area contributed by atoms with Gasteiger partial charge in [-0.05, 0) is 40.5 Å². The highest BCUT2D eigenvalue weighted by molar-refractivity contribution is 9.10. The predicted octanol–water partition coefficient (Wildman–Crippen LogP) is 2.57. The minimum absolute atomic E-state index is 0.722. The zero-order valence-corrected chi connectivity index (χ0v) is 10.5. The Kier molecular flexibility index (Phi) is 5.23. The van der Waals surface area contributed by atoms with Crippen LogP contribution in [0, 0.1) is 11.8 Å². The monoisotopic (exact) mass is 267 g/mol. The molecule has 0 spiro atoms. The third kappa shape index (κ3) is 3.94. The van der Waals surface area contributed by atoms with Crippen LogP contribution in [0.4, 0.5) is 0 Å². The fourth-order valence-electron chi connectivity index (χ4n) is 1.18. The minimum atomic E-state index is 0.722. The Morgan fingerprint density at radius 3 is 2.87 bits per heavy atom. The van der Waals surface area contributed by atoms with E-state index in [1.54, 1.807) is 7.11 Å². The number of nitrogens with one attached hydrogen (secondary N) is 1. The SMILES string of the molecule is CC#CCNCc1ccc(OC)c(Br)c1. The highest BCUT2D eigenvalue weighted by atomic mass is 79.9. The molecule has 0 unspecified atom stereocenters. The maximum Gasteiger partial charge on any atom is 0.133 e. The second kappa shape index (κ2) is 6.49. The predicted molar refractivity (Wildman–Crippen MR) is 65.9 cm³/mol. The number of halogens is 1. The first-order valence-electron chi connectivity index (χ1n) is 4.70. The van der Waals surface area contributed by atoms with E-state index in [-0.39, 0.29) is 0 Å². The first kappa shape index (κ1) is 12.1. The van der Waals surface area contributed by atoms with Gasteiger partial charge in [-0.15, -0.1) is 5.92 Å². The van der Waals surface area contributed by atoms with Gasteiger partial charge in [0.05, 0.1) is 18.1 Å². The van der Waals surface area contributed by atoms with Crippen LogP contribution in [0.5, 0.6) is 5.75 Å². The molecule has 0 atom stereocenters. The molecule has 1 aromatic carbocycles. The molecule has 1 aromatic rings. The number of hydrogen-bond acceptors (Lipinski definition) is 2. The van der Waals surface area contributed by atoms with Gasteiger partial charge in [-0.2, -0.15) is 0 Å². The van der Waals surface area contributed by atoms with Crippen LogP contribution in [0.2, 0.25) is 0 Å². The fraction of sp³-hybridized carbons (Fsp3) is 0.333. The molecule has 0 heterocycles. The Morgan fingerprint density at radius 1 is 1.47 bits per heavy atom. The topological polar surface area (TPSA) is 21.3 Å². The lowest BCUT2D eigenvalue weighted by Crippen LogP contribution is -2.13. The van der Waals surface area contributed by atoms with Crippen LogP contribution in [0.15, 0.2) is 22.7 Å². The molecule has 1 N–H and O–H groups in total. The van der Waals surface area contributed by atoms with E-state index in [9.17, 15) is 0 Å². The van der Waals surface area contributed by atoms with E-state index < -0.39 is 0 Å². The Balaban J connectivity index is 2.54. The summed E-state index contributed by atoms with van der Waals surface area (Å²) in [6, 6.07) is 6.04. The molecule has 0 bridgehead atoms. The van der Waals surface area contributed by atoms with Crippen molar-refractivity contribution in [2.75, 3.05) is 13.7 Å². The molecule has 0 aliphatic heterocycles. The van der Waals surface area contributed by atoms with Crippen molar-refractivity contribution in [1.29, 1.82) is 0 Å². The summed E-state index contributed by atoms with van der Waals surface area (Å²) in [5.74, 6) is 6.65. The Bertz CT molecular complexity index is 379. The molecule has 0 amide bonds. The third-order valence-electron chi connectivity index (χ3n) is 1.94. The van der Waals surface area contributed by atoms with Gasteiger partial charge < -0.3 is 10.1 Å². The zero-order valence-electron chi connectivity index (χ0n) is 8.93. The number of rotatable bonds is 4. The maximum absolute atomic E-state index is 5.15. The van der Waals surface area contributed by atoms with Gasteiger partial charge in [0.25, 0.3) is 0 Å². The number of benzene rings is 1. The summed E-state index contributed by atoms with van der Waals surface area (Å²) in [5.41, 5.74) is 1.21. The van der Waals surface area contributed by atoms with Crippen LogP contribution < -0.4 is 10.1 Å². The van der Waals surface area contributed by atoms with Crippen LogP contribution in [-0.2, 0) is 6.54 Å². The van der Waals surface area contributed by atoms with E-state index in [0.29, 0.717) is 0 Å². The van der Waals surface area contributed by atoms with E-state index >= 15 is 0 Å². The molecule has 80 valence electrons. The molecule has 1 rings (SSSR count). The van der Waals surface area contributed by atoms with Gasteiger partial charge in [0, 0.05) is 6.54 Å².